The Balaban J connectivity index is 3.68. The molecule has 0 unspecified atom stereocenters. The summed E-state index contributed by atoms with van der Waals surface area (Å²) in [5.41, 5.74) is 11.4. The van der Waals surface area contributed by atoms with Crippen LogP contribution in [0.1, 0.15) is 38.5 Å². The van der Waals surface area contributed by atoms with E-state index in [1.807, 2.05) is 12.5 Å². The number of urea groups is 2. The van der Waals surface area contributed by atoms with Gasteiger partial charge in [0.15, 0.2) is 11.9 Å². The highest BCUT2D eigenvalue weighted by molar-refractivity contribution is 7.98. The molecule has 0 fully saturated rings. The Hall–Kier alpha value is -1.82. The van der Waals surface area contributed by atoms with E-state index in [1.165, 1.54) is 0 Å². The molecule has 174 valence electrons. The maximum atomic E-state index is 11.6. The van der Waals surface area contributed by atoms with E-state index in [0.717, 1.165) is 50.0 Å². The summed E-state index contributed by atoms with van der Waals surface area (Å²) in [5, 5.41) is 10.5. The monoisotopic (exact) mass is 462 g/mol. The predicted molar refractivity (Wildman–Crippen MR) is 131 cm³/mol. The van der Waals surface area contributed by atoms with Crippen molar-refractivity contribution in [3.63, 3.8) is 0 Å². The lowest BCUT2D eigenvalue weighted by atomic mass is 10.2. The van der Waals surface area contributed by atoms with Crippen LogP contribution in [0, 0.1) is 0 Å². The highest BCUT2D eigenvalue weighted by atomic mass is 32.2. The molecular weight excluding hydrogens is 424 g/mol. The summed E-state index contributed by atoms with van der Waals surface area (Å²) in [6.45, 7) is 2.35. The molecule has 0 aromatic heterocycles. The number of nitrogens with zero attached hydrogens (tertiary/aromatic N) is 2. The molecule has 0 aliphatic rings. The van der Waals surface area contributed by atoms with E-state index < -0.39 is 0 Å². The Kier molecular flexibility index (Phi) is 19.2. The van der Waals surface area contributed by atoms with Gasteiger partial charge < -0.3 is 22.1 Å². The molecule has 0 heterocycles. The first-order chi connectivity index (χ1) is 14.5. The van der Waals surface area contributed by atoms with E-state index in [-0.39, 0.29) is 24.0 Å². The lowest BCUT2D eigenvalue weighted by Crippen LogP contribution is -2.43. The van der Waals surface area contributed by atoms with Gasteiger partial charge in [-0.15, -0.1) is 0 Å². The van der Waals surface area contributed by atoms with Crippen molar-refractivity contribution in [2.45, 2.75) is 38.5 Å². The van der Waals surface area contributed by atoms with E-state index in [2.05, 4.69) is 31.3 Å². The normalized spacial score (nSPS) is 11.8. The first kappa shape index (κ1) is 28.2. The molecule has 0 aromatic carbocycles. The first-order valence-electron chi connectivity index (χ1n) is 10.2. The fourth-order valence-corrected chi connectivity index (χ4v) is 3.08. The van der Waals surface area contributed by atoms with Crippen molar-refractivity contribution >= 4 is 47.5 Å². The van der Waals surface area contributed by atoms with Gasteiger partial charge in [-0.05, 0) is 49.7 Å². The van der Waals surface area contributed by atoms with Crippen molar-refractivity contribution in [1.29, 1.82) is 0 Å². The molecule has 0 aliphatic carbocycles. The van der Waals surface area contributed by atoms with Gasteiger partial charge in [0.25, 0.3) is 0 Å². The average molecular weight is 463 g/mol. The van der Waals surface area contributed by atoms with Gasteiger partial charge in [0, 0.05) is 26.2 Å². The molecule has 0 saturated carbocycles. The maximum Gasteiger partial charge on any atom is 0.321 e. The van der Waals surface area contributed by atoms with Gasteiger partial charge in [-0.2, -0.15) is 23.5 Å². The van der Waals surface area contributed by atoms with E-state index in [0.29, 0.717) is 26.2 Å². The zero-order valence-corrected chi connectivity index (χ0v) is 19.8. The Labute approximate surface area is 188 Å². The Bertz CT molecular complexity index is 486. The summed E-state index contributed by atoms with van der Waals surface area (Å²) < 4.78 is 0. The summed E-state index contributed by atoms with van der Waals surface area (Å²) in [6.07, 6.45) is 9.57. The molecule has 0 aliphatic heterocycles. The van der Waals surface area contributed by atoms with Crippen LogP contribution >= 0.6 is 23.5 Å². The standard InChI is InChI=1S/C18H38N8O2S2/c1-29-13-7-11-23-17(27)25-15(19)21-9-5-3-4-6-10-22-16(20)26-18(28)24-12-8-14-30-2/h3-14H2,1-2H3,(H4,19,21,23,25,27)(H4,20,22,24,26,28). The number of thioether (sulfide) groups is 2. The highest BCUT2D eigenvalue weighted by Gasteiger charge is 2.02. The number of nitrogens with two attached hydrogens (primary N) is 2. The number of nitrogens with one attached hydrogen (secondary N) is 4. The van der Waals surface area contributed by atoms with Gasteiger partial charge in [0.05, 0.1) is 0 Å². The van der Waals surface area contributed by atoms with E-state index >= 15 is 0 Å². The van der Waals surface area contributed by atoms with Crippen molar-refractivity contribution in [3.8, 4) is 0 Å². The van der Waals surface area contributed by atoms with Crippen LogP contribution in [0.5, 0.6) is 0 Å². The largest absolute Gasteiger partial charge is 0.370 e. The quantitative estimate of drug-likeness (QED) is 0.122. The second-order valence-corrected chi connectivity index (χ2v) is 8.37. The van der Waals surface area contributed by atoms with Gasteiger partial charge in [0.2, 0.25) is 0 Å². The zero-order chi connectivity index (χ0) is 22.5. The van der Waals surface area contributed by atoms with Gasteiger partial charge in [-0.3, -0.25) is 20.6 Å². The number of hydrogen-bond acceptors (Lipinski definition) is 6. The zero-order valence-electron chi connectivity index (χ0n) is 18.2. The van der Waals surface area contributed by atoms with Crippen LogP contribution in [0.2, 0.25) is 0 Å². The SMILES string of the molecule is CSCCCNC(=O)NC(N)=NCCCCCCN=C(N)NC(=O)NCCCSC. The Morgan fingerprint density at radius 2 is 1.10 bits per heavy atom. The van der Waals surface area contributed by atoms with Crippen molar-refractivity contribution in [3.05, 3.63) is 0 Å². The van der Waals surface area contributed by atoms with E-state index in [9.17, 15) is 9.59 Å². The van der Waals surface area contributed by atoms with Crippen LogP contribution < -0.4 is 32.7 Å². The third-order valence-electron chi connectivity index (χ3n) is 3.74. The fraction of sp³-hybridized carbons (Fsp3) is 0.778. The van der Waals surface area contributed by atoms with Crippen LogP contribution in [-0.4, -0.2) is 74.2 Å². The molecule has 4 amide bonds. The third kappa shape index (κ3) is 19.5. The Morgan fingerprint density at radius 3 is 1.47 bits per heavy atom. The molecule has 12 heteroatoms. The topological polar surface area (TPSA) is 159 Å². The summed E-state index contributed by atoms with van der Waals surface area (Å²) in [4.78, 5) is 31.4. The van der Waals surface area contributed by atoms with E-state index in [4.69, 9.17) is 11.5 Å². The summed E-state index contributed by atoms with van der Waals surface area (Å²) in [7, 11) is 0. The predicted octanol–water partition coefficient (Wildman–Crippen LogP) is 1.28. The summed E-state index contributed by atoms with van der Waals surface area (Å²) >= 11 is 3.48. The number of amides is 4. The van der Waals surface area contributed by atoms with E-state index in [1.54, 1.807) is 23.5 Å². The van der Waals surface area contributed by atoms with Crippen LogP contribution in [-0.2, 0) is 0 Å². The minimum Gasteiger partial charge on any atom is -0.370 e. The van der Waals surface area contributed by atoms with Gasteiger partial charge in [0.1, 0.15) is 0 Å². The second-order valence-electron chi connectivity index (χ2n) is 6.40. The lowest BCUT2D eigenvalue weighted by molar-refractivity contribution is 0.244. The van der Waals surface area contributed by atoms with Gasteiger partial charge >= 0.3 is 12.1 Å². The number of unbranched alkanes of at least 4 members (excludes halogenated alkanes) is 3. The molecule has 0 rings (SSSR count). The molecule has 0 aromatic rings. The third-order valence-corrected chi connectivity index (χ3v) is 5.13. The smallest absolute Gasteiger partial charge is 0.321 e. The average Bonchev–Trinajstić information content (AvgIpc) is 2.70. The molecule has 8 N–H and O–H groups in total. The van der Waals surface area contributed by atoms with Crippen molar-refractivity contribution < 1.29 is 9.59 Å². The van der Waals surface area contributed by atoms with Crippen molar-refractivity contribution in [1.82, 2.24) is 21.3 Å². The highest BCUT2D eigenvalue weighted by Crippen LogP contribution is 2.00. The number of aliphatic imine (C=N–C) groups is 2. The summed E-state index contributed by atoms with van der Waals surface area (Å²) in [5.74, 6) is 2.28. The van der Waals surface area contributed by atoms with Crippen LogP contribution in [0.4, 0.5) is 9.59 Å². The minimum absolute atomic E-state index is 0.132. The Morgan fingerprint density at radius 1 is 0.700 bits per heavy atom. The molecule has 0 radical (unpaired) electrons. The van der Waals surface area contributed by atoms with Crippen molar-refractivity contribution in [2.24, 2.45) is 21.5 Å². The molecule has 30 heavy (non-hydrogen) atoms. The fourth-order valence-electron chi connectivity index (χ4n) is 2.21. The molecule has 0 spiro atoms. The number of hydrogen-bond donors (Lipinski definition) is 6. The van der Waals surface area contributed by atoms with Crippen LogP contribution in [0.3, 0.4) is 0 Å². The molecular formula is C18H38N8O2S2. The molecule has 0 bridgehead atoms. The van der Waals surface area contributed by atoms with Crippen molar-refractivity contribution in [2.75, 3.05) is 50.2 Å². The van der Waals surface area contributed by atoms with Crippen LogP contribution in [0.25, 0.3) is 0 Å². The minimum atomic E-state index is -0.324. The molecule has 0 saturated heterocycles. The first-order valence-corrected chi connectivity index (χ1v) is 13.0. The van der Waals surface area contributed by atoms with Gasteiger partial charge in [-0.25, -0.2) is 9.59 Å². The number of guanidine groups is 2. The molecule has 0 atom stereocenters. The summed E-state index contributed by atoms with van der Waals surface area (Å²) in [6, 6.07) is -0.648. The maximum absolute atomic E-state index is 11.6. The molecule has 10 nitrogen and oxygen atoms in total. The van der Waals surface area contributed by atoms with Gasteiger partial charge in [-0.1, -0.05) is 12.8 Å². The van der Waals surface area contributed by atoms with Crippen LogP contribution in [0.15, 0.2) is 9.98 Å². The number of carbonyl (C=O) groups excluding carboxylic acids is 2. The lowest BCUT2D eigenvalue weighted by Gasteiger charge is -2.07. The number of carbonyl (C=O) groups is 2. The second kappa shape index (κ2) is 20.5. The number of rotatable bonds is 15.